The van der Waals surface area contributed by atoms with Crippen molar-refractivity contribution in [2.45, 2.75) is 0 Å². The zero-order valence-corrected chi connectivity index (χ0v) is 12.9. The van der Waals surface area contributed by atoms with Gasteiger partial charge in [0.05, 0.1) is 0 Å². The predicted octanol–water partition coefficient (Wildman–Crippen LogP) is 1.02. The fourth-order valence-electron chi connectivity index (χ4n) is 2.04. The van der Waals surface area contributed by atoms with Crippen molar-refractivity contribution < 1.29 is 0 Å². The van der Waals surface area contributed by atoms with E-state index in [0.717, 1.165) is 0 Å². The van der Waals surface area contributed by atoms with Crippen molar-refractivity contribution in [2.75, 3.05) is 10.6 Å². The number of para-hydroxylation sites is 2. The second-order valence-corrected chi connectivity index (χ2v) is 8.52. The molecule has 0 unspecified atom stereocenters. The van der Waals surface area contributed by atoms with Gasteiger partial charge in [-0.2, -0.15) is 0 Å². The average Bonchev–Trinajstić information content (AvgIpc) is 3.02. The van der Waals surface area contributed by atoms with Crippen LogP contribution in [0, 0.1) is 0 Å². The Labute approximate surface area is 118 Å². The van der Waals surface area contributed by atoms with Crippen LogP contribution in [-0.2, 0) is 0 Å². The molecule has 2 aliphatic rings. The van der Waals surface area contributed by atoms with Gasteiger partial charge >= 0.3 is 119 Å². The third kappa shape index (κ3) is 1.70. The summed E-state index contributed by atoms with van der Waals surface area (Å²) < 4.78 is 5.72. The average molecular weight is 364 g/mol. The zero-order chi connectivity index (χ0) is 11.9. The Bertz CT molecular complexity index is 553. The molecule has 0 spiro atoms. The molecule has 2 N–H and O–H groups in total. The quantitative estimate of drug-likeness (QED) is 0.683. The maximum absolute atomic E-state index is 3.57. The van der Waals surface area contributed by atoms with Gasteiger partial charge < -0.3 is 0 Å². The third-order valence-electron chi connectivity index (χ3n) is 2.90. The number of rotatable bonds is 0. The molecule has 88 valence electrons. The molecule has 2 aliphatic heterocycles. The van der Waals surface area contributed by atoms with Crippen molar-refractivity contribution in [1.82, 2.24) is 0 Å². The molecule has 2 heterocycles. The van der Waals surface area contributed by atoms with E-state index in [0.29, 0.717) is 29.9 Å². The first-order chi connectivity index (χ1) is 8.90. The van der Waals surface area contributed by atoms with E-state index < -0.39 is 0 Å². The van der Waals surface area contributed by atoms with Gasteiger partial charge in [0, 0.05) is 0 Å². The van der Waals surface area contributed by atoms with Crippen molar-refractivity contribution in [3.63, 3.8) is 0 Å². The van der Waals surface area contributed by atoms with Crippen LogP contribution in [-0.4, -0.2) is 29.9 Å². The van der Waals surface area contributed by atoms with Crippen molar-refractivity contribution in [3.05, 3.63) is 57.7 Å². The normalized spacial score (nSPS) is 20.0. The van der Waals surface area contributed by atoms with E-state index in [1.807, 2.05) is 0 Å². The molecule has 4 rings (SSSR count). The Balaban J connectivity index is 1.70. The summed E-state index contributed by atoms with van der Waals surface area (Å²) in [6.45, 7) is 0. The topological polar surface area (TPSA) is 24.1 Å². The van der Waals surface area contributed by atoms with Gasteiger partial charge in [-0.05, 0) is 0 Å². The first-order valence-corrected chi connectivity index (χ1v) is 9.15. The molecule has 0 saturated heterocycles. The maximum atomic E-state index is 3.57. The van der Waals surface area contributed by atoms with Crippen LogP contribution in [0.4, 0.5) is 11.4 Å². The summed E-state index contributed by atoms with van der Waals surface area (Å²) in [5.41, 5.74) is 2.57. The predicted molar refractivity (Wildman–Crippen MR) is 77.9 cm³/mol. The second-order valence-electron chi connectivity index (χ2n) is 4.10. The molecule has 4 heteroatoms. The summed E-state index contributed by atoms with van der Waals surface area (Å²) >= 11 is 0.839. The fourth-order valence-corrected chi connectivity index (χ4v) is 6.73. The van der Waals surface area contributed by atoms with Crippen LogP contribution in [0.5, 0.6) is 0 Å². The number of fused-ring (bicyclic) bond motifs is 2. The number of hydrogen-bond donors (Lipinski definition) is 2. The molecular weight excluding hydrogens is 354 g/mol. The Morgan fingerprint density at radius 3 is 1.50 bits per heavy atom. The number of anilines is 2. The van der Waals surface area contributed by atoms with Crippen LogP contribution in [0.3, 0.4) is 0 Å². The van der Waals surface area contributed by atoms with Gasteiger partial charge in [0.1, 0.15) is 0 Å². The number of nitrogens with one attached hydrogen (secondary N) is 2. The molecule has 2 aromatic rings. The van der Waals surface area contributed by atoms with Crippen LogP contribution in [0.25, 0.3) is 0 Å². The first kappa shape index (κ1) is 10.7. The summed E-state index contributed by atoms with van der Waals surface area (Å²) in [4.78, 5) is 0. The van der Waals surface area contributed by atoms with Gasteiger partial charge in [0.25, 0.3) is 0 Å². The molecule has 0 aliphatic carbocycles. The summed E-state index contributed by atoms with van der Waals surface area (Å²) in [7, 11) is 0. The summed E-state index contributed by atoms with van der Waals surface area (Å²) in [6.07, 6.45) is 0. The number of hydrogen-bond acceptors (Lipinski definition) is 2. The standard InChI is InChI=1S/C14H10N2Se2/c1-3-7-11-9(5-1)15-13(17-11)14-16-10-6-2-4-8-12(10)18-14/h1-8,15-16H. The molecule has 0 aromatic heterocycles. The molecule has 18 heavy (non-hydrogen) atoms. The van der Waals surface area contributed by atoms with Crippen LogP contribution >= 0.6 is 0 Å². The molecule has 0 fully saturated rings. The van der Waals surface area contributed by atoms with Gasteiger partial charge in [-0.25, -0.2) is 0 Å². The van der Waals surface area contributed by atoms with Gasteiger partial charge in [-0.15, -0.1) is 0 Å². The van der Waals surface area contributed by atoms with Gasteiger partial charge in [0.15, 0.2) is 0 Å². The third-order valence-corrected chi connectivity index (χ3v) is 8.11. The van der Waals surface area contributed by atoms with Crippen molar-refractivity contribution in [3.8, 4) is 0 Å². The second kappa shape index (κ2) is 4.18. The molecule has 0 atom stereocenters. The first-order valence-electron chi connectivity index (χ1n) is 5.72. The number of benzene rings is 2. The van der Waals surface area contributed by atoms with E-state index in [9.17, 15) is 0 Å². The SMILES string of the molecule is c1ccc2c(c1)NC(=C1Nc3ccccc3[Se]1)[Se]2. The molecular formula is C14H10N2Se2. The van der Waals surface area contributed by atoms with E-state index in [-0.39, 0.29) is 0 Å². The molecule has 0 bridgehead atoms. The molecule has 0 saturated carbocycles. The van der Waals surface area contributed by atoms with E-state index in [4.69, 9.17) is 0 Å². The molecule has 2 aromatic carbocycles. The fraction of sp³-hybridized carbons (Fsp3) is 0. The summed E-state index contributed by atoms with van der Waals surface area (Å²) in [6, 6.07) is 17.2. The zero-order valence-electron chi connectivity index (χ0n) is 9.44. The Morgan fingerprint density at radius 2 is 1.06 bits per heavy atom. The van der Waals surface area contributed by atoms with Crippen LogP contribution in [0.1, 0.15) is 0 Å². The van der Waals surface area contributed by atoms with E-state index in [2.05, 4.69) is 59.2 Å². The van der Waals surface area contributed by atoms with Gasteiger partial charge in [0.2, 0.25) is 0 Å². The Hall–Kier alpha value is -1.18. The van der Waals surface area contributed by atoms with E-state index in [1.54, 1.807) is 0 Å². The Morgan fingerprint density at radius 1 is 0.611 bits per heavy atom. The van der Waals surface area contributed by atoms with E-state index in [1.165, 1.54) is 29.5 Å². The van der Waals surface area contributed by atoms with Crippen molar-refractivity contribution in [2.24, 2.45) is 0 Å². The van der Waals surface area contributed by atoms with Crippen molar-refractivity contribution in [1.29, 1.82) is 0 Å². The minimum absolute atomic E-state index is 0.419. The van der Waals surface area contributed by atoms with Crippen molar-refractivity contribution >= 4 is 50.2 Å². The van der Waals surface area contributed by atoms with Crippen LogP contribution < -0.4 is 19.6 Å². The van der Waals surface area contributed by atoms with Crippen LogP contribution in [0.15, 0.2) is 57.7 Å². The van der Waals surface area contributed by atoms with E-state index >= 15 is 0 Å². The minimum atomic E-state index is 0.419. The molecule has 2 nitrogen and oxygen atoms in total. The van der Waals surface area contributed by atoms with Gasteiger partial charge in [-0.1, -0.05) is 0 Å². The Kier molecular flexibility index (Phi) is 2.49. The molecule has 0 radical (unpaired) electrons. The molecule has 0 amide bonds. The van der Waals surface area contributed by atoms with Gasteiger partial charge in [-0.3, -0.25) is 0 Å². The summed E-state index contributed by atoms with van der Waals surface area (Å²) in [5, 5.41) is 7.14. The summed E-state index contributed by atoms with van der Waals surface area (Å²) in [5.74, 6) is 0. The monoisotopic (exact) mass is 366 g/mol. The van der Waals surface area contributed by atoms with Crippen LogP contribution in [0.2, 0.25) is 0 Å².